The Morgan fingerprint density at radius 3 is 3.20 bits per heavy atom. The number of likely N-dealkylation sites (tertiary alicyclic amines) is 1. The number of carbonyl (C=O) groups excluding carboxylic acids is 1. The molecular formula is C17H24FN5O2. The zero-order valence-electron chi connectivity index (χ0n) is 14.4. The Kier molecular flexibility index (Phi) is 5.35. The molecule has 25 heavy (non-hydrogen) atoms. The van der Waals surface area contributed by atoms with Gasteiger partial charge in [-0.1, -0.05) is 0 Å². The van der Waals surface area contributed by atoms with Crippen molar-refractivity contribution < 1.29 is 13.9 Å². The Hall–Kier alpha value is -2.38. The van der Waals surface area contributed by atoms with Gasteiger partial charge < -0.3 is 20.3 Å². The van der Waals surface area contributed by atoms with Gasteiger partial charge >= 0.3 is 0 Å². The number of hydrogen-bond donors (Lipinski definition) is 2. The predicted molar refractivity (Wildman–Crippen MR) is 91.9 cm³/mol. The average molecular weight is 349 g/mol. The summed E-state index contributed by atoms with van der Waals surface area (Å²) in [5.41, 5.74) is 0.0144. The van der Waals surface area contributed by atoms with Gasteiger partial charge in [-0.3, -0.25) is 9.79 Å². The smallest absolute Gasteiger partial charge is 0.250 e. The molecule has 0 aliphatic carbocycles. The van der Waals surface area contributed by atoms with Gasteiger partial charge in [0.2, 0.25) is 11.8 Å². The molecule has 0 radical (unpaired) electrons. The summed E-state index contributed by atoms with van der Waals surface area (Å²) in [5.74, 6) is 0.453. The lowest BCUT2D eigenvalue weighted by Gasteiger charge is -2.40. The lowest BCUT2D eigenvalue weighted by molar-refractivity contribution is -0.119. The van der Waals surface area contributed by atoms with Crippen LogP contribution in [-0.4, -0.2) is 61.6 Å². The van der Waals surface area contributed by atoms with Gasteiger partial charge in [-0.15, -0.1) is 0 Å². The van der Waals surface area contributed by atoms with Crippen molar-refractivity contribution in [2.45, 2.75) is 19.3 Å². The van der Waals surface area contributed by atoms with Crippen molar-refractivity contribution in [1.29, 1.82) is 0 Å². The first-order valence-electron chi connectivity index (χ1n) is 8.57. The standard InChI is InChI=1S/C17H24FN5O2/c1-19-16(21-7-9-25-15-13(18)4-2-6-20-15)23-8-3-5-17(12-23)10-14(24)22-11-17/h2,4,6H,3,5,7-12H2,1H3,(H,19,21)(H,22,24). The van der Waals surface area contributed by atoms with E-state index < -0.39 is 5.82 Å². The van der Waals surface area contributed by atoms with Crippen LogP contribution in [0.1, 0.15) is 19.3 Å². The zero-order valence-corrected chi connectivity index (χ0v) is 14.4. The molecule has 0 saturated carbocycles. The summed E-state index contributed by atoms with van der Waals surface area (Å²) >= 11 is 0. The highest BCUT2D eigenvalue weighted by atomic mass is 19.1. The van der Waals surface area contributed by atoms with Crippen LogP contribution in [0.3, 0.4) is 0 Å². The van der Waals surface area contributed by atoms with Gasteiger partial charge in [0.25, 0.3) is 0 Å². The van der Waals surface area contributed by atoms with Gasteiger partial charge in [0.1, 0.15) is 6.61 Å². The molecule has 1 spiro atoms. The van der Waals surface area contributed by atoms with Crippen LogP contribution >= 0.6 is 0 Å². The molecule has 1 unspecified atom stereocenters. The molecule has 1 amide bonds. The second kappa shape index (κ2) is 7.67. The van der Waals surface area contributed by atoms with E-state index in [0.717, 1.165) is 38.4 Å². The summed E-state index contributed by atoms with van der Waals surface area (Å²) in [4.78, 5) is 22.0. The van der Waals surface area contributed by atoms with E-state index in [9.17, 15) is 9.18 Å². The third-order valence-electron chi connectivity index (χ3n) is 4.72. The number of pyridine rings is 1. The number of aliphatic imine (C=N–C) groups is 1. The van der Waals surface area contributed by atoms with Crippen LogP contribution in [0.4, 0.5) is 4.39 Å². The van der Waals surface area contributed by atoms with Crippen LogP contribution in [0.25, 0.3) is 0 Å². The minimum absolute atomic E-state index is 0.00625. The Bertz CT molecular complexity index is 654. The van der Waals surface area contributed by atoms with Crippen LogP contribution in [0.15, 0.2) is 23.3 Å². The van der Waals surface area contributed by atoms with E-state index in [4.69, 9.17) is 4.74 Å². The topological polar surface area (TPSA) is 78.9 Å². The van der Waals surface area contributed by atoms with Crippen LogP contribution in [0.2, 0.25) is 0 Å². The normalized spacial score (nSPS) is 23.7. The van der Waals surface area contributed by atoms with Crippen LogP contribution in [0, 0.1) is 11.2 Å². The molecule has 3 rings (SSSR count). The summed E-state index contributed by atoms with van der Waals surface area (Å²) in [5, 5.41) is 6.19. The fourth-order valence-electron chi connectivity index (χ4n) is 3.55. The van der Waals surface area contributed by atoms with Crippen LogP contribution in [0.5, 0.6) is 5.88 Å². The molecular weight excluding hydrogens is 325 g/mol. The first-order chi connectivity index (χ1) is 12.1. The molecule has 1 aromatic heterocycles. The van der Waals surface area contributed by atoms with Crippen LogP contribution < -0.4 is 15.4 Å². The molecule has 136 valence electrons. The first-order valence-corrected chi connectivity index (χ1v) is 8.57. The number of nitrogens with zero attached hydrogens (tertiary/aromatic N) is 3. The molecule has 8 heteroatoms. The number of amides is 1. The summed E-state index contributed by atoms with van der Waals surface area (Å²) in [6.45, 7) is 3.23. The molecule has 1 aromatic rings. The van der Waals surface area contributed by atoms with E-state index in [1.165, 1.54) is 18.3 Å². The molecule has 7 nitrogen and oxygen atoms in total. The first kappa shape index (κ1) is 17.4. The number of piperidine rings is 1. The third kappa shape index (κ3) is 4.18. The monoisotopic (exact) mass is 349 g/mol. The minimum atomic E-state index is -0.469. The SMILES string of the molecule is CN=C(NCCOc1ncccc1F)N1CCCC2(CNC(=O)C2)C1. The van der Waals surface area contributed by atoms with Gasteiger partial charge in [-0.05, 0) is 25.0 Å². The maximum Gasteiger partial charge on any atom is 0.250 e. The summed E-state index contributed by atoms with van der Waals surface area (Å²) in [7, 11) is 1.74. The number of aromatic nitrogens is 1. The largest absolute Gasteiger partial charge is 0.474 e. The minimum Gasteiger partial charge on any atom is -0.474 e. The number of carbonyl (C=O) groups is 1. The predicted octanol–water partition coefficient (Wildman–Crippen LogP) is 0.777. The molecule has 2 saturated heterocycles. The second-order valence-corrected chi connectivity index (χ2v) is 6.59. The lowest BCUT2D eigenvalue weighted by Crippen LogP contribution is -2.51. The Morgan fingerprint density at radius 1 is 1.60 bits per heavy atom. The summed E-state index contributed by atoms with van der Waals surface area (Å²) in [6, 6.07) is 2.84. The van der Waals surface area contributed by atoms with Crippen molar-refractivity contribution in [3.63, 3.8) is 0 Å². The summed E-state index contributed by atoms with van der Waals surface area (Å²) in [6.07, 6.45) is 4.17. The number of hydrogen-bond acceptors (Lipinski definition) is 4. The molecule has 1 atom stereocenters. The van der Waals surface area contributed by atoms with Crippen molar-refractivity contribution >= 4 is 11.9 Å². The fraction of sp³-hybridized carbons (Fsp3) is 0.588. The quantitative estimate of drug-likeness (QED) is 0.477. The second-order valence-electron chi connectivity index (χ2n) is 6.59. The molecule has 2 fully saturated rings. The Balaban J connectivity index is 1.49. The van der Waals surface area contributed by atoms with Gasteiger partial charge in [-0.2, -0.15) is 0 Å². The van der Waals surface area contributed by atoms with Gasteiger partial charge in [0.15, 0.2) is 11.8 Å². The van der Waals surface area contributed by atoms with Gasteiger partial charge in [0.05, 0.1) is 6.54 Å². The maximum absolute atomic E-state index is 13.5. The molecule has 3 heterocycles. The number of nitrogens with one attached hydrogen (secondary N) is 2. The van der Waals surface area contributed by atoms with Crippen molar-refractivity contribution in [3.05, 3.63) is 24.1 Å². The maximum atomic E-state index is 13.5. The lowest BCUT2D eigenvalue weighted by atomic mass is 9.79. The molecule has 0 aromatic carbocycles. The molecule has 0 bridgehead atoms. The van der Waals surface area contributed by atoms with E-state index >= 15 is 0 Å². The van der Waals surface area contributed by atoms with E-state index in [1.807, 2.05) is 0 Å². The number of ether oxygens (including phenoxy) is 1. The van der Waals surface area contributed by atoms with Gasteiger partial charge in [0, 0.05) is 44.7 Å². The highest BCUT2D eigenvalue weighted by Crippen LogP contribution is 2.35. The number of halogens is 1. The highest BCUT2D eigenvalue weighted by Gasteiger charge is 2.42. The molecule has 2 N–H and O–H groups in total. The average Bonchev–Trinajstić information content (AvgIpc) is 2.96. The Morgan fingerprint density at radius 2 is 2.48 bits per heavy atom. The number of guanidine groups is 1. The zero-order chi connectivity index (χ0) is 17.7. The van der Waals surface area contributed by atoms with E-state index in [1.54, 1.807) is 7.05 Å². The fourth-order valence-corrected chi connectivity index (χ4v) is 3.55. The molecule has 2 aliphatic heterocycles. The van der Waals surface area contributed by atoms with Gasteiger partial charge in [-0.25, -0.2) is 9.37 Å². The third-order valence-corrected chi connectivity index (χ3v) is 4.72. The van der Waals surface area contributed by atoms with Crippen molar-refractivity contribution in [2.75, 3.05) is 39.8 Å². The van der Waals surface area contributed by atoms with E-state index in [2.05, 4.69) is 25.5 Å². The van der Waals surface area contributed by atoms with E-state index in [0.29, 0.717) is 13.0 Å². The Labute approximate surface area is 146 Å². The van der Waals surface area contributed by atoms with Crippen molar-refractivity contribution in [2.24, 2.45) is 10.4 Å². The molecule has 2 aliphatic rings. The highest BCUT2D eigenvalue weighted by molar-refractivity contribution is 5.81. The van der Waals surface area contributed by atoms with E-state index in [-0.39, 0.29) is 23.8 Å². The van der Waals surface area contributed by atoms with Crippen LogP contribution in [-0.2, 0) is 4.79 Å². The van der Waals surface area contributed by atoms with Crippen molar-refractivity contribution in [3.8, 4) is 5.88 Å². The van der Waals surface area contributed by atoms with Crippen molar-refractivity contribution in [1.82, 2.24) is 20.5 Å². The number of rotatable bonds is 4. The summed E-state index contributed by atoms with van der Waals surface area (Å²) < 4.78 is 18.8.